The molecule has 0 aliphatic rings. The highest BCUT2D eigenvalue weighted by molar-refractivity contribution is 8.14. The highest BCUT2D eigenvalue weighted by Crippen LogP contribution is 2.15. The quantitative estimate of drug-likeness (QED) is 0.629. The summed E-state index contributed by atoms with van der Waals surface area (Å²) in [5.74, 6) is 0.378. The standard InChI is InChI=1S/C6H13ClO2S/c1-5(2)4-6(3)10(7,8)9/h5-6H,4H2,1-3H3/t6-/m0/s1. The maximum atomic E-state index is 10.6. The van der Waals surface area contributed by atoms with Crippen LogP contribution in [-0.4, -0.2) is 13.7 Å². The lowest BCUT2D eigenvalue weighted by Crippen LogP contribution is -2.13. The third-order valence-corrected chi connectivity index (χ3v) is 3.35. The van der Waals surface area contributed by atoms with Crippen LogP contribution in [0.3, 0.4) is 0 Å². The summed E-state index contributed by atoms with van der Waals surface area (Å²) in [4.78, 5) is 0. The molecule has 0 aromatic carbocycles. The maximum Gasteiger partial charge on any atom is 0.235 e. The predicted molar refractivity (Wildman–Crippen MR) is 43.7 cm³/mol. The molecule has 0 aliphatic carbocycles. The first kappa shape index (κ1) is 10.2. The molecule has 0 aromatic heterocycles. The van der Waals surface area contributed by atoms with E-state index in [1.807, 2.05) is 13.8 Å². The molecule has 10 heavy (non-hydrogen) atoms. The van der Waals surface area contributed by atoms with Gasteiger partial charge in [0, 0.05) is 10.7 Å². The van der Waals surface area contributed by atoms with E-state index in [4.69, 9.17) is 10.7 Å². The van der Waals surface area contributed by atoms with E-state index in [0.29, 0.717) is 12.3 Å². The number of hydrogen-bond donors (Lipinski definition) is 0. The molecular formula is C6H13ClO2S. The van der Waals surface area contributed by atoms with E-state index in [9.17, 15) is 8.42 Å². The summed E-state index contributed by atoms with van der Waals surface area (Å²) in [5.41, 5.74) is 0. The van der Waals surface area contributed by atoms with Gasteiger partial charge in [-0.3, -0.25) is 0 Å². The van der Waals surface area contributed by atoms with Crippen LogP contribution < -0.4 is 0 Å². The highest BCUT2D eigenvalue weighted by atomic mass is 35.7. The molecule has 0 heterocycles. The second kappa shape index (κ2) is 3.58. The van der Waals surface area contributed by atoms with Crippen molar-refractivity contribution in [1.82, 2.24) is 0 Å². The lowest BCUT2D eigenvalue weighted by molar-refractivity contribution is 0.546. The predicted octanol–water partition coefficient (Wildman–Crippen LogP) is 1.99. The van der Waals surface area contributed by atoms with E-state index < -0.39 is 14.3 Å². The Kier molecular flexibility index (Phi) is 3.66. The van der Waals surface area contributed by atoms with Crippen molar-refractivity contribution in [2.45, 2.75) is 32.4 Å². The smallest absolute Gasteiger partial charge is 0.212 e. The second-order valence-corrected chi connectivity index (χ2v) is 5.96. The van der Waals surface area contributed by atoms with Crippen LogP contribution in [0.5, 0.6) is 0 Å². The van der Waals surface area contributed by atoms with Gasteiger partial charge < -0.3 is 0 Å². The fourth-order valence-electron chi connectivity index (χ4n) is 0.779. The van der Waals surface area contributed by atoms with Crippen LogP contribution in [0.4, 0.5) is 0 Å². The van der Waals surface area contributed by atoms with Crippen LogP contribution in [0.2, 0.25) is 0 Å². The molecule has 0 bridgehead atoms. The molecule has 0 rings (SSSR count). The van der Waals surface area contributed by atoms with Crippen molar-refractivity contribution in [3.63, 3.8) is 0 Å². The van der Waals surface area contributed by atoms with E-state index in [0.717, 1.165) is 0 Å². The van der Waals surface area contributed by atoms with E-state index in [-0.39, 0.29) is 0 Å². The molecule has 0 unspecified atom stereocenters. The first-order valence-electron chi connectivity index (χ1n) is 3.27. The van der Waals surface area contributed by atoms with Crippen molar-refractivity contribution < 1.29 is 8.42 Å². The number of rotatable bonds is 3. The first-order chi connectivity index (χ1) is 4.34. The summed E-state index contributed by atoms with van der Waals surface area (Å²) >= 11 is 0. The molecule has 0 N–H and O–H groups in total. The first-order valence-corrected chi connectivity index (χ1v) is 5.64. The van der Waals surface area contributed by atoms with Crippen molar-refractivity contribution >= 4 is 19.7 Å². The minimum absolute atomic E-state index is 0.378. The Morgan fingerprint density at radius 1 is 1.30 bits per heavy atom. The minimum atomic E-state index is -3.33. The lowest BCUT2D eigenvalue weighted by Gasteiger charge is -2.08. The average molecular weight is 185 g/mol. The third-order valence-electron chi connectivity index (χ3n) is 1.28. The fraction of sp³-hybridized carbons (Fsp3) is 1.00. The Bertz CT molecular complexity index is 184. The Balaban J connectivity index is 3.99. The van der Waals surface area contributed by atoms with Gasteiger partial charge in [0.05, 0.1) is 5.25 Å². The normalized spacial score (nSPS) is 15.7. The van der Waals surface area contributed by atoms with Crippen LogP contribution in [-0.2, 0) is 9.05 Å². The molecule has 0 amide bonds. The van der Waals surface area contributed by atoms with Crippen LogP contribution in [0.15, 0.2) is 0 Å². The average Bonchev–Trinajstić information content (AvgIpc) is 1.60. The van der Waals surface area contributed by atoms with E-state index in [2.05, 4.69) is 0 Å². The van der Waals surface area contributed by atoms with Crippen LogP contribution in [0, 0.1) is 5.92 Å². The zero-order valence-electron chi connectivity index (χ0n) is 6.46. The summed E-state index contributed by atoms with van der Waals surface area (Å²) in [5, 5.41) is -0.422. The summed E-state index contributed by atoms with van der Waals surface area (Å²) in [6, 6.07) is 0. The molecule has 0 radical (unpaired) electrons. The third kappa shape index (κ3) is 4.12. The van der Waals surface area contributed by atoms with E-state index in [1.54, 1.807) is 6.92 Å². The topological polar surface area (TPSA) is 34.1 Å². The summed E-state index contributed by atoms with van der Waals surface area (Å²) < 4.78 is 21.3. The molecular weight excluding hydrogens is 172 g/mol. The Hall–Kier alpha value is 0.240. The van der Waals surface area contributed by atoms with Gasteiger partial charge in [0.1, 0.15) is 0 Å². The highest BCUT2D eigenvalue weighted by Gasteiger charge is 2.17. The molecule has 0 aliphatic heterocycles. The van der Waals surface area contributed by atoms with Crippen molar-refractivity contribution in [3.05, 3.63) is 0 Å². The van der Waals surface area contributed by atoms with Gasteiger partial charge in [0.2, 0.25) is 9.05 Å². The second-order valence-electron chi connectivity index (χ2n) is 2.92. The largest absolute Gasteiger partial charge is 0.235 e. The van der Waals surface area contributed by atoms with Gasteiger partial charge in [0.25, 0.3) is 0 Å². The van der Waals surface area contributed by atoms with Crippen molar-refractivity contribution in [3.8, 4) is 0 Å². The molecule has 0 saturated carbocycles. The Morgan fingerprint density at radius 2 is 1.70 bits per heavy atom. The van der Waals surface area contributed by atoms with Crippen LogP contribution in [0.1, 0.15) is 27.2 Å². The Morgan fingerprint density at radius 3 is 1.80 bits per heavy atom. The van der Waals surface area contributed by atoms with Crippen molar-refractivity contribution in [2.24, 2.45) is 5.92 Å². The number of halogens is 1. The lowest BCUT2D eigenvalue weighted by atomic mass is 10.1. The van der Waals surface area contributed by atoms with Gasteiger partial charge in [-0.2, -0.15) is 0 Å². The van der Waals surface area contributed by atoms with Gasteiger partial charge in [0.15, 0.2) is 0 Å². The van der Waals surface area contributed by atoms with Gasteiger partial charge in [-0.05, 0) is 19.3 Å². The molecule has 0 spiro atoms. The van der Waals surface area contributed by atoms with E-state index >= 15 is 0 Å². The monoisotopic (exact) mass is 184 g/mol. The van der Waals surface area contributed by atoms with Crippen molar-refractivity contribution in [2.75, 3.05) is 0 Å². The van der Waals surface area contributed by atoms with Gasteiger partial charge in [-0.15, -0.1) is 0 Å². The molecule has 2 nitrogen and oxygen atoms in total. The SMILES string of the molecule is CC(C)C[C@H](C)S(=O)(=O)Cl. The van der Waals surface area contributed by atoms with Gasteiger partial charge >= 0.3 is 0 Å². The summed E-state index contributed by atoms with van der Waals surface area (Å²) in [6.07, 6.45) is 0.631. The zero-order chi connectivity index (χ0) is 8.36. The fourth-order valence-corrected chi connectivity index (χ4v) is 1.61. The zero-order valence-corrected chi connectivity index (χ0v) is 8.04. The van der Waals surface area contributed by atoms with Crippen LogP contribution >= 0.6 is 10.7 Å². The molecule has 62 valence electrons. The Labute approximate surface area is 67.0 Å². The molecule has 4 heteroatoms. The van der Waals surface area contributed by atoms with E-state index in [1.165, 1.54) is 0 Å². The molecule has 0 fully saturated rings. The van der Waals surface area contributed by atoms with Gasteiger partial charge in [-0.1, -0.05) is 13.8 Å². The molecule has 1 atom stereocenters. The summed E-state index contributed by atoms with van der Waals surface area (Å²) in [7, 11) is 1.77. The number of hydrogen-bond acceptors (Lipinski definition) is 2. The maximum absolute atomic E-state index is 10.6. The van der Waals surface area contributed by atoms with Gasteiger partial charge in [-0.25, -0.2) is 8.42 Å². The molecule has 0 saturated heterocycles. The van der Waals surface area contributed by atoms with Crippen molar-refractivity contribution in [1.29, 1.82) is 0 Å². The molecule has 0 aromatic rings. The summed E-state index contributed by atoms with van der Waals surface area (Å²) in [6.45, 7) is 5.57. The van der Waals surface area contributed by atoms with Crippen LogP contribution in [0.25, 0.3) is 0 Å². The minimum Gasteiger partial charge on any atom is -0.212 e.